The molecule has 2 aliphatic rings. The molecule has 0 aromatic heterocycles. The monoisotopic (exact) mass is 382 g/mol. The van der Waals surface area contributed by atoms with E-state index in [9.17, 15) is 4.79 Å². The summed E-state index contributed by atoms with van der Waals surface area (Å²) in [6.07, 6.45) is 4.27. The van der Waals surface area contributed by atoms with Crippen molar-refractivity contribution in [3.05, 3.63) is 70.7 Å². The lowest BCUT2D eigenvalue weighted by Crippen LogP contribution is -2.43. The van der Waals surface area contributed by atoms with Crippen molar-refractivity contribution in [3.63, 3.8) is 0 Å². The minimum absolute atomic E-state index is 0.185. The van der Waals surface area contributed by atoms with Gasteiger partial charge in [0, 0.05) is 24.7 Å². The largest absolute Gasteiger partial charge is 0.355 e. The average Bonchev–Trinajstić information content (AvgIpc) is 3.50. The van der Waals surface area contributed by atoms with E-state index in [1.54, 1.807) is 0 Å². The van der Waals surface area contributed by atoms with Gasteiger partial charge in [-0.05, 0) is 61.4 Å². The van der Waals surface area contributed by atoms with Crippen LogP contribution in [0, 0.1) is 5.92 Å². The van der Waals surface area contributed by atoms with Crippen LogP contribution in [0.3, 0.4) is 0 Å². The van der Waals surface area contributed by atoms with E-state index in [-0.39, 0.29) is 11.3 Å². The Morgan fingerprint density at radius 3 is 2.56 bits per heavy atom. The van der Waals surface area contributed by atoms with E-state index in [0.717, 1.165) is 49.6 Å². The molecule has 0 unspecified atom stereocenters. The van der Waals surface area contributed by atoms with Crippen LogP contribution in [0.2, 0.25) is 5.02 Å². The van der Waals surface area contributed by atoms with Gasteiger partial charge in [-0.25, -0.2) is 0 Å². The Morgan fingerprint density at radius 1 is 1.11 bits per heavy atom. The van der Waals surface area contributed by atoms with E-state index in [2.05, 4.69) is 40.5 Å². The van der Waals surface area contributed by atoms with Crippen LogP contribution in [0.5, 0.6) is 0 Å². The molecule has 4 rings (SSSR count). The first kappa shape index (κ1) is 18.5. The zero-order valence-electron chi connectivity index (χ0n) is 15.7. The highest BCUT2D eigenvalue weighted by Crippen LogP contribution is 2.48. The molecule has 4 heteroatoms. The van der Waals surface area contributed by atoms with E-state index in [1.807, 2.05) is 24.3 Å². The maximum Gasteiger partial charge on any atom is 0.230 e. The highest BCUT2D eigenvalue weighted by atomic mass is 35.5. The van der Waals surface area contributed by atoms with Crippen molar-refractivity contribution in [3.8, 4) is 0 Å². The Morgan fingerprint density at radius 2 is 1.85 bits per heavy atom. The standard InChI is InChI=1S/C23H27ClN2O/c24-21-10-8-20(9-11-21)23(12-13-23)22(27)25-15-19-7-4-14-26(17-19)16-18-5-2-1-3-6-18/h1-3,5-6,8-11,19H,4,7,12-17H2,(H,25,27)/t19-/m0/s1. The molecule has 1 aliphatic heterocycles. The molecule has 1 atom stereocenters. The van der Waals surface area contributed by atoms with Crippen molar-refractivity contribution in [2.75, 3.05) is 19.6 Å². The van der Waals surface area contributed by atoms with Crippen LogP contribution >= 0.6 is 11.6 Å². The topological polar surface area (TPSA) is 32.3 Å². The van der Waals surface area contributed by atoms with Crippen molar-refractivity contribution in [1.82, 2.24) is 10.2 Å². The van der Waals surface area contributed by atoms with Gasteiger partial charge < -0.3 is 5.32 Å². The third kappa shape index (κ3) is 4.36. The zero-order chi connectivity index (χ0) is 18.7. The first-order valence-corrected chi connectivity index (χ1v) is 10.3. The smallest absolute Gasteiger partial charge is 0.230 e. The molecule has 142 valence electrons. The van der Waals surface area contributed by atoms with Crippen molar-refractivity contribution < 1.29 is 4.79 Å². The molecule has 1 N–H and O–H groups in total. The summed E-state index contributed by atoms with van der Waals surface area (Å²) in [6.45, 7) is 3.98. The number of benzene rings is 2. The summed E-state index contributed by atoms with van der Waals surface area (Å²) in [5.41, 5.74) is 2.14. The Balaban J connectivity index is 1.30. The van der Waals surface area contributed by atoms with E-state index >= 15 is 0 Å². The van der Waals surface area contributed by atoms with E-state index in [1.165, 1.54) is 18.4 Å². The molecule has 0 radical (unpaired) electrons. The predicted molar refractivity (Wildman–Crippen MR) is 110 cm³/mol. The molecule has 1 saturated carbocycles. The van der Waals surface area contributed by atoms with Crippen LogP contribution in [0.1, 0.15) is 36.8 Å². The van der Waals surface area contributed by atoms with E-state index in [4.69, 9.17) is 11.6 Å². The number of amides is 1. The molecule has 1 aliphatic carbocycles. The molecule has 1 saturated heterocycles. The number of carbonyl (C=O) groups excluding carboxylic acids is 1. The fourth-order valence-electron chi connectivity index (χ4n) is 4.25. The van der Waals surface area contributed by atoms with Crippen LogP contribution in [0.4, 0.5) is 0 Å². The van der Waals surface area contributed by atoms with Gasteiger partial charge in [0.1, 0.15) is 0 Å². The number of carbonyl (C=O) groups is 1. The molecule has 1 amide bonds. The Bertz CT molecular complexity index is 771. The molecule has 2 fully saturated rings. The Labute approximate surface area is 166 Å². The highest BCUT2D eigenvalue weighted by molar-refractivity contribution is 6.30. The number of likely N-dealkylation sites (tertiary alicyclic amines) is 1. The number of piperidine rings is 1. The minimum atomic E-state index is -0.316. The van der Waals surface area contributed by atoms with Gasteiger partial charge in [0.2, 0.25) is 5.91 Å². The number of nitrogens with one attached hydrogen (secondary N) is 1. The molecule has 0 spiro atoms. The number of rotatable bonds is 6. The third-order valence-electron chi connectivity index (χ3n) is 5.98. The SMILES string of the molecule is O=C(NC[C@@H]1CCCN(Cc2ccccc2)C1)C1(c2ccc(Cl)cc2)CC1. The van der Waals surface area contributed by atoms with Gasteiger partial charge in [0.15, 0.2) is 0 Å². The number of hydrogen-bond acceptors (Lipinski definition) is 2. The predicted octanol–water partition coefficient (Wildman–Crippen LogP) is 4.40. The molecule has 3 nitrogen and oxygen atoms in total. The van der Waals surface area contributed by atoms with Gasteiger partial charge in [0.25, 0.3) is 0 Å². The second-order valence-electron chi connectivity index (χ2n) is 8.03. The molecule has 27 heavy (non-hydrogen) atoms. The summed E-state index contributed by atoms with van der Waals surface area (Å²) < 4.78 is 0. The van der Waals surface area contributed by atoms with Crippen LogP contribution in [0.15, 0.2) is 54.6 Å². The Kier molecular flexibility index (Phi) is 5.51. The van der Waals surface area contributed by atoms with E-state index in [0.29, 0.717) is 5.92 Å². The lowest BCUT2D eigenvalue weighted by atomic mass is 9.93. The van der Waals surface area contributed by atoms with Gasteiger partial charge in [-0.15, -0.1) is 0 Å². The van der Waals surface area contributed by atoms with E-state index < -0.39 is 0 Å². The summed E-state index contributed by atoms with van der Waals surface area (Å²) in [5, 5.41) is 3.97. The molecular formula is C23H27ClN2O. The summed E-state index contributed by atoms with van der Waals surface area (Å²) >= 11 is 5.99. The quantitative estimate of drug-likeness (QED) is 0.803. The molecule has 0 bridgehead atoms. The van der Waals surface area contributed by atoms with Crippen molar-refractivity contribution in [2.45, 2.75) is 37.6 Å². The second kappa shape index (κ2) is 8.04. The molecular weight excluding hydrogens is 356 g/mol. The molecule has 2 aromatic rings. The van der Waals surface area contributed by atoms with Gasteiger partial charge in [0.05, 0.1) is 5.41 Å². The fraction of sp³-hybridized carbons (Fsp3) is 0.435. The normalized spacial score (nSPS) is 21.6. The van der Waals surface area contributed by atoms with Crippen LogP contribution in [0.25, 0.3) is 0 Å². The van der Waals surface area contributed by atoms with Gasteiger partial charge in [-0.2, -0.15) is 0 Å². The van der Waals surface area contributed by atoms with Crippen LogP contribution in [-0.4, -0.2) is 30.4 Å². The van der Waals surface area contributed by atoms with Crippen molar-refractivity contribution in [2.24, 2.45) is 5.92 Å². The van der Waals surface area contributed by atoms with Crippen molar-refractivity contribution in [1.29, 1.82) is 0 Å². The summed E-state index contributed by atoms with van der Waals surface area (Å²) in [6, 6.07) is 18.4. The number of nitrogens with zero attached hydrogens (tertiary/aromatic N) is 1. The first-order valence-electron chi connectivity index (χ1n) is 9.96. The number of hydrogen-bond donors (Lipinski definition) is 1. The van der Waals surface area contributed by atoms with Gasteiger partial charge >= 0.3 is 0 Å². The Hall–Kier alpha value is -1.84. The highest BCUT2D eigenvalue weighted by Gasteiger charge is 2.51. The zero-order valence-corrected chi connectivity index (χ0v) is 16.4. The average molecular weight is 383 g/mol. The summed E-state index contributed by atoms with van der Waals surface area (Å²) in [5.74, 6) is 0.720. The van der Waals surface area contributed by atoms with Gasteiger partial charge in [-0.3, -0.25) is 9.69 Å². The van der Waals surface area contributed by atoms with Crippen molar-refractivity contribution >= 4 is 17.5 Å². The van der Waals surface area contributed by atoms with Crippen LogP contribution in [-0.2, 0) is 16.8 Å². The maximum absolute atomic E-state index is 12.9. The first-order chi connectivity index (χ1) is 13.2. The van der Waals surface area contributed by atoms with Crippen LogP contribution < -0.4 is 5.32 Å². The lowest BCUT2D eigenvalue weighted by molar-refractivity contribution is -0.123. The summed E-state index contributed by atoms with van der Waals surface area (Å²) in [7, 11) is 0. The summed E-state index contributed by atoms with van der Waals surface area (Å²) in [4.78, 5) is 15.4. The molecule has 1 heterocycles. The minimum Gasteiger partial charge on any atom is -0.355 e. The third-order valence-corrected chi connectivity index (χ3v) is 6.24. The van der Waals surface area contributed by atoms with Gasteiger partial charge in [-0.1, -0.05) is 54.1 Å². The molecule has 2 aromatic carbocycles. The maximum atomic E-state index is 12.9. The fourth-order valence-corrected chi connectivity index (χ4v) is 4.38. The lowest BCUT2D eigenvalue weighted by Gasteiger charge is -2.33. The number of halogens is 1. The second-order valence-corrected chi connectivity index (χ2v) is 8.46.